The number of carbonyl (C=O) groups is 1. The van der Waals surface area contributed by atoms with E-state index in [1.54, 1.807) is 4.90 Å². The van der Waals surface area contributed by atoms with Crippen LogP contribution in [0, 0.1) is 5.92 Å². The van der Waals surface area contributed by atoms with Crippen molar-refractivity contribution in [1.82, 2.24) is 9.80 Å². The minimum Gasteiger partial charge on any atom is -0.393 e. The fourth-order valence-corrected chi connectivity index (χ4v) is 3.71. The maximum absolute atomic E-state index is 12.3. The van der Waals surface area contributed by atoms with Gasteiger partial charge in [0.05, 0.1) is 11.5 Å². The monoisotopic (exact) mass is 297 g/mol. The fraction of sp³-hybridized carbons (Fsp3) is 0.867. The van der Waals surface area contributed by atoms with Crippen LogP contribution < -0.4 is 5.73 Å². The SMILES string of the molecule is CN(CCC(N)=S)C(=O)CN1CCC[C@H]2CCCC[C@H]21. The number of hydrogen-bond donors (Lipinski definition) is 1. The molecule has 0 aromatic carbocycles. The van der Waals surface area contributed by atoms with Crippen molar-refractivity contribution in [3.8, 4) is 0 Å². The number of rotatable bonds is 5. The normalized spacial score (nSPS) is 26.9. The van der Waals surface area contributed by atoms with Crippen LogP contribution in [-0.2, 0) is 4.79 Å². The van der Waals surface area contributed by atoms with Gasteiger partial charge in [-0.2, -0.15) is 0 Å². The van der Waals surface area contributed by atoms with Gasteiger partial charge >= 0.3 is 0 Å². The van der Waals surface area contributed by atoms with Gasteiger partial charge in [0.1, 0.15) is 0 Å². The van der Waals surface area contributed by atoms with Crippen LogP contribution in [0.1, 0.15) is 44.9 Å². The Balaban J connectivity index is 1.84. The Morgan fingerprint density at radius 2 is 2.00 bits per heavy atom. The Bertz CT molecular complexity index is 359. The molecule has 1 amide bonds. The zero-order chi connectivity index (χ0) is 14.5. The van der Waals surface area contributed by atoms with Crippen LogP contribution in [-0.4, -0.2) is 53.4 Å². The molecule has 1 aliphatic heterocycles. The molecule has 1 aliphatic carbocycles. The van der Waals surface area contributed by atoms with Crippen molar-refractivity contribution in [2.24, 2.45) is 11.7 Å². The van der Waals surface area contributed by atoms with Gasteiger partial charge in [-0.25, -0.2) is 0 Å². The number of thiocarbonyl (C=S) groups is 1. The van der Waals surface area contributed by atoms with Gasteiger partial charge in [-0.15, -0.1) is 0 Å². The number of nitrogens with two attached hydrogens (primary N) is 1. The topological polar surface area (TPSA) is 49.6 Å². The van der Waals surface area contributed by atoms with Crippen LogP contribution >= 0.6 is 12.2 Å². The number of nitrogens with zero attached hydrogens (tertiary/aromatic N) is 2. The highest BCUT2D eigenvalue weighted by Gasteiger charge is 2.34. The minimum atomic E-state index is 0.201. The number of amides is 1. The third-order valence-corrected chi connectivity index (χ3v) is 5.02. The van der Waals surface area contributed by atoms with Crippen molar-refractivity contribution < 1.29 is 4.79 Å². The van der Waals surface area contributed by atoms with Gasteiger partial charge in [0.15, 0.2) is 0 Å². The zero-order valence-corrected chi connectivity index (χ0v) is 13.3. The molecule has 20 heavy (non-hydrogen) atoms. The first-order valence-corrected chi connectivity index (χ1v) is 8.25. The summed E-state index contributed by atoms with van der Waals surface area (Å²) < 4.78 is 0. The van der Waals surface area contributed by atoms with Crippen molar-refractivity contribution in [1.29, 1.82) is 0 Å². The Morgan fingerprint density at radius 3 is 2.75 bits per heavy atom. The third kappa shape index (κ3) is 4.16. The van der Waals surface area contributed by atoms with Crippen LogP contribution in [0.4, 0.5) is 0 Å². The lowest BCUT2D eigenvalue weighted by Gasteiger charge is -2.44. The van der Waals surface area contributed by atoms with Crippen LogP contribution in [0.2, 0.25) is 0 Å². The van der Waals surface area contributed by atoms with E-state index < -0.39 is 0 Å². The summed E-state index contributed by atoms with van der Waals surface area (Å²) in [6.07, 6.45) is 8.53. The van der Waals surface area contributed by atoms with Crippen molar-refractivity contribution in [2.45, 2.75) is 51.0 Å². The van der Waals surface area contributed by atoms with Gasteiger partial charge in [-0.3, -0.25) is 9.69 Å². The summed E-state index contributed by atoms with van der Waals surface area (Å²) in [5.74, 6) is 1.03. The molecule has 0 aromatic rings. The number of hydrogen-bond acceptors (Lipinski definition) is 3. The van der Waals surface area contributed by atoms with Crippen LogP contribution in [0.25, 0.3) is 0 Å². The lowest BCUT2D eigenvalue weighted by Crippen LogP contribution is -2.50. The molecule has 1 saturated carbocycles. The molecule has 5 heteroatoms. The first-order chi connectivity index (χ1) is 9.58. The average Bonchev–Trinajstić information content (AvgIpc) is 2.45. The van der Waals surface area contributed by atoms with E-state index in [2.05, 4.69) is 4.90 Å². The lowest BCUT2D eigenvalue weighted by molar-refractivity contribution is -0.132. The van der Waals surface area contributed by atoms with Gasteiger partial charge in [0.25, 0.3) is 0 Å². The number of fused-ring (bicyclic) bond motifs is 1. The Morgan fingerprint density at radius 1 is 1.30 bits per heavy atom. The molecule has 1 saturated heterocycles. The van der Waals surface area contributed by atoms with Crippen LogP contribution in [0.5, 0.6) is 0 Å². The molecule has 0 radical (unpaired) electrons. The van der Waals surface area contributed by atoms with E-state index in [0.29, 0.717) is 30.5 Å². The zero-order valence-electron chi connectivity index (χ0n) is 12.5. The summed E-state index contributed by atoms with van der Waals surface area (Å²) in [5, 5.41) is 0. The average molecular weight is 297 g/mol. The summed E-state index contributed by atoms with van der Waals surface area (Å²) in [4.78, 5) is 17.0. The van der Waals surface area contributed by atoms with Gasteiger partial charge < -0.3 is 10.6 Å². The Hall–Kier alpha value is -0.680. The largest absolute Gasteiger partial charge is 0.393 e. The Kier molecular flexibility index (Phi) is 5.78. The molecule has 2 rings (SSSR count). The van der Waals surface area contributed by atoms with E-state index in [-0.39, 0.29) is 5.91 Å². The van der Waals surface area contributed by atoms with Gasteiger partial charge in [0, 0.05) is 26.1 Å². The highest BCUT2D eigenvalue weighted by atomic mass is 32.1. The van der Waals surface area contributed by atoms with E-state index in [0.717, 1.165) is 12.5 Å². The summed E-state index contributed by atoms with van der Waals surface area (Å²) in [5.41, 5.74) is 5.50. The summed E-state index contributed by atoms with van der Waals surface area (Å²) in [6, 6.07) is 0.644. The molecule has 4 nitrogen and oxygen atoms in total. The first kappa shape index (κ1) is 15.7. The smallest absolute Gasteiger partial charge is 0.236 e. The maximum atomic E-state index is 12.3. The second-order valence-electron chi connectivity index (χ2n) is 6.26. The van der Waals surface area contributed by atoms with E-state index in [9.17, 15) is 4.79 Å². The van der Waals surface area contributed by atoms with Crippen LogP contribution in [0.3, 0.4) is 0 Å². The molecule has 0 bridgehead atoms. The molecule has 0 unspecified atom stereocenters. The van der Waals surface area contributed by atoms with Crippen molar-refractivity contribution in [3.05, 3.63) is 0 Å². The first-order valence-electron chi connectivity index (χ1n) is 7.84. The molecule has 0 aromatic heterocycles. The highest BCUT2D eigenvalue weighted by Crippen LogP contribution is 2.35. The van der Waals surface area contributed by atoms with E-state index in [1.165, 1.54) is 38.5 Å². The van der Waals surface area contributed by atoms with Crippen molar-refractivity contribution in [2.75, 3.05) is 26.7 Å². The highest BCUT2D eigenvalue weighted by molar-refractivity contribution is 7.80. The molecule has 1 heterocycles. The van der Waals surface area contributed by atoms with E-state index >= 15 is 0 Å². The number of carbonyl (C=O) groups excluding carboxylic acids is 1. The molecule has 0 spiro atoms. The summed E-state index contributed by atoms with van der Waals surface area (Å²) in [6.45, 7) is 2.28. The van der Waals surface area contributed by atoms with Gasteiger partial charge in [-0.1, -0.05) is 25.1 Å². The van der Waals surface area contributed by atoms with E-state index in [4.69, 9.17) is 18.0 Å². The van der Waals surface area contributed by atoms with E-state index in [1.807, 2.05) is 7.05 Å². The second-order valence-corrected chi connectivity index (χ2v) is 6.78. The number of likely N-dealkylation sites (tertiary alicyclic amines) is 1. The molecule has 2 atom stereocenters. The third-order valence-electron chi connectivity index (χ3n) is 4.82. The van der Waals surface area contributed by atoms with Gasteiger partial charge in [0.2, 0.25) is 5.91 Å². The predicted molar refractivity (Wildman–Crippen MR) is 85.6 cm³/mol. The molecular formula is C15H27N3OS. The summed E-state index contributed by atoms with van der Waals surface area (Å²) >= 11 is 4.87. The molecular weight excluding hydrogens is 270 g/mol. The van der Waals surface area contributed by atoms with Gasteiger partial charge in [-0.05, 0) is 38.1 Å². The lowest BCUT2D eigenvalue weighted by atomic mass is 9.78. The summed E-state index contributed by atoms with van der Waals surface area (Å²) in [7, 11) is 1.85. The quantitative estimate of drug-likeness (QED) is 0.786. The van der Waals surface area contributed by atoms with Crippen molar-refractivity contribution >= 4 is 23.1 Å². The predicted octanol–water partition coefficient (Wildman–Crippen LogP) is 1.78. The minimum absolute atomic E-state index is 0.201. The maximum Gasteiger partial charge on any atom is 0.236 e. The van der Waals surface area contributed by atoms with Crippen LogP contribution in [0.15, 0.2) is 0 Å². The number of piperidine rings is 1. The molecule has 2 fully saturated rings. The molecule has 114 valence electrons. The standard InChI is InChI=1S/C15H27N3OS/c1-17(10-8-14(16)20)15(19)11-18-9-4-6-12-5-2-3-7-13(12)18/h12-13H,2-11H2,1H3,(H2,16,20)/t12-,13-/m1/s1. The number of likely N-dealkylation sites (N-methyl/N-ethyl adjacent to an activating group) is 1. The molecule has 2 N–H and O–H groups in total. The fourth-order valence-electron chi connectivity index (χ4n) is 3.62. The Labute approximate surface area is 127 Å². The second kappa shape index (κ2) is 7.36. The van der Waals surface area contributed by atoms with Crippen molar-refractivity contribution in [3.63, 3.8) is 0 Å². The molecule has 2 aliphatic rings.